The van der Waals surface area contributed by atoms with Gasteiger partial charge in [0.2, 0.25) is 15.8 Å². The quantitative estimate of drug-likeness (QED) is 0.254. The molecule has 34 heavy (non-hydrogen) atoms. The van der Waals surface area contributed by atoms with Gasteiger partial charge < -0.3 is 4.74 Å². The Balaban J connectivity index is 1.55. The van der Waals surface area contributed by atoms with E-state index in [9.17, 15) is 18.0 Å². The monoisotopic (exact) mass is 493 g/mol. The fourth-order valence-corrected chi connectivity index (χ4v) is 6.10. The Kier molecular flexibility index (Phi) is 7.02. The van der Waals surface area contributed by atoms with Crippen molar-refractivity contribution in [3.63, 3.8) is 0 Å². The molecule has 1 aliphatic heterocycles. The van der Waals surface area contributed by atoms with E-state index in [4.69, 9.17) is 4.74 Å². The average molecular weight is 494 g/mol. The molecule has 1 aliphatic rings. The molecule has 0 amide bonds. The summed E-state index contributed by atoms with van der Waals surface area (Å²) in [6, 6.07) is 20.1. The lowest BCUT2D eigenvalue weighted by atomic mass is 10.1. The Morgan fingerprint density at radius 2 is 1.59 bits per heavy atom. The highest BCUT2D eigenvalue weighted by Crippen LogP contribution is 2.41. The molecule has 1 heterocycles. The van der Waals surface area contributed by atoms with Gasteiger partial charge in [0.1, 0.15) is 5.75 Å². The Morgan fingerprint density at radius 3 is 2.26 bits per heavy atom. The van der Waals surface area contributed by atoms with E-state index in [0.29, 0.717) is 34.9 Å². The van der Waals surface area contributed by atoms with Crippen LogP contribution in [0.25, 0.3) is 6.08 Å². The molecule has 174 valence electrons. The second-order valence-electron chi connectivity index (χ2n) is 7.48. The summed E-state index contributed by atoms with van der Waals surface area (Å²) in [7, 11) is -3.61. The molecule has 0 aromatic heterocycles. The van der Waals surface area contributed by atoms with E-state index in [1.54, 1.807) is 50.3 Å². The van der Waals surface area contributed by atoms with Crippen molar-refractivity contribution in [2.24, 2.45) is 0 Å². The van der Waals surface area contributed by atoms with Crippen molar-refractivity contribution < 1.29 is 22.7 Å². The highest BCUT2D eigenvalue weighted by molar-refractivity contribution is 8.04. The molecule has 3 aromatic rings. The first-order valence-electron chi connectivity index (χ1n) is 10.8. The normalized spacial score (nSPS) is 14.4. The van der Waals surface area contributed by atoms with E-state index in [1.807, 2.05) is 18.2 Å². The first kappa shape index (κ1) is 23.9. The van der Waals surface area contributed by atoms with Crippen molar-refractivity contribution in [1.29, 1.82) is 0 Å². The minimum absolute atomic E-state index is 0.0632. The van der Waals surface area contributed by atoms with E-state index in [1.165, 1.54) is 40.3 Å². The first-order chi connectivity index (χ1) is 16.3. The number of hydrogen-bond acceptors (Lipinski definition) is 6. The number of esters is 1. The number of carbonyl (C=O) groups is 2. The largest absolute Gasteiger partial charge is 0.422 e. The van der Waals surface area contributed by atoms with Crippen LogP contribution in [0.2, 0.25) is 0 Å². The maximum Gasteiger partial charge on any atom is 0.343 e. The van der Waals surface area contributed by atoms with Gasteiger partial charge in [0.05, 0.1) is 15.4 Å². The number of fused-ring (bicyclic) bond motifs is 1. The van der Waals surface area contributed by atoms with Gasteiger partial charge >= 0.3 is 5.97 Å². The van der Waals surface area contributed by atoms with Crippen LogP contribution in [0, 0.1) is 0 Å². The van der Waals surface area contributed by atoms with Crippen LogP contribution in [-0.2, 0) is 10.0 Å². The number of hydrogen-bond donors (Lipinski definition) is 0. The molecule has 0 saturated heterocycles. The lowest BCUT2D eigenvalue weighted by Gasteiger charge is -2.18. The smallest absolute Gasteiger partial charge is 0.343 e. The van der Waals surface area contributed by atoms with Gasteiger partial charge in [0.25, 0.3) is 0 Å². The number of para-hydroxylation sites is 1. The second kappa shape index (κ2) is 9.97. The summed E-state index contributed by atoms with van der Waals surface area (Å²) in [6.45, 7) is 4.27. The number of nitrogens with zero attached hydrogens (tertiary/aromatic N) is 1. The molecule has 3 aromatic carbocycles. The van der Waals surface area contributed by atoms with Gasteiger partial charge in [-0.25, -0.2) is 13.2 Å². The highest BCUT2D eigenvalue weighted by Gasteiger charge is 2.26. The van der Waals surface area contributed by atoms with Crippen molar-refractivity contribution in [2.45, 2.75) is 23.6 Å². The topological polar surface area (TPSA) is 80.8 Å². The van der Waals surface area contributed by atoms with Crippen LogP contribution in [-0.4, -0.2) is 37.6 Å². The Hall–Kier alpha value is -3.20. The SMILES string of the molecule is CCN(CC)S(=O)(=O)c1ccc(C(=O)Oc2ccccc2/C=C2\Sc3ccccc3C2=O)cc1. The number of benzene rings is 3. The van der Waals surface area contributed by atoms with Gasteiger partial charge in [-0.15, -0.1) is 0 Å². The Labute approximate surface area is 203 Å². The molecule has 0 saturated carbocycles. The number of ether oxygens (including phenoxy) is 1. The molecule has 0 atom stereocenters. The van der Waals surface area contributed by atoms with Crippen LogP contribution in [0.5, 0.6) is 5.75 Å². The average Bonchev–Trinajstić information content (AvgIpc) is 3.16. The molecule has 0 aliphatic carbocycles. The van der Waals surface area contributed by atoms with Crippen molar-refractivity contribution in [1.82, 2.24) is 4.31 Å². The predicted molar refractivity (Wildman–Crippen MR) is 133 cm³/mol. The number of allylic oxidation sites excluding steroid dienone is 1. The zero-order chi connectivity index (χ0) is 24.3. The van der Waals surface area contributed by atoms with E-state index in [-0.39, 0.29) is 16.2 Å². The second-order valence-corrected chi connectivity index (χ2v) is 10.5. The standard InChI is InChI=1S/C26H23NO5S2/c1-3-27(4-2)34(30,31)20-15-13-18(14-16-20)26(29)32-22-11-7-5-9-19(22)17-24-25(28)21-10-6-8-12-23(21)33-24/h5-17H,3-4H2,1-2H3/b24-17-. The molecule has 4 rings (SSSR count). The van der Waals surface area contributed by atoms with Gasteiger partial charge in [0, 0.05) is 29.1 Å². The van der Waals surface area contributed by atoms with E-state index in [0.717, 1.165) is 4.90 Å². The summed E-state index contributed by atoms with van der Waals surface area (Å²) >= 11 is 1.38. The molecule has 8 heteroatoms. The number of sulfonamides is 1. The zero-order valence-corrected chi connectivity index (χ0v) is 20.4. The Bertz CT molecular complexity index is 1370. The number of carbonyl (C=O) groups excluding carboxylic acids is 2. The first-order valence-corrected chi connectivity index (χ1v) is 13.1. The zero-order valence-electron chi connectivity index (χ0n) is 18.7. The van der Waals surface area contributed by atoms with Crippen LogP contribution in [0.1, 0.15) is 40.1 Å². The number of Topliss-reactive ketones (excluding diaryl/α,β-unsaturated/α-hetero) is 1. The van der Waals surface area contributed by atoms with Crippen molar-refractivity contribution in [3.8, 4) is 5.75 Å². The van der Waals surface area contributed by atoms with E-state index >= 15 is 0 Å². The lowest BCUT2D eigenvalue weighted by Crippen LogP contribution is -2.30. The van der Waals surface area contributed by atoms with Gasteiger partial charge in [-0.3, -0.25) is 4.79 Å². The molecule has 0 radical (unpaired) electrons. The summed E-state index contributed by atoms with van der Waals surface area (Å²) in [5.41, 5.74) is 1.48. The van der Waals surface area contributed by atoms with E-state index in [2.05, 4.69) is 0 Å². The molecule has 0 spiro atoms. The molecule has 0 N–H and O–H groups in total. The maximum atomic E-state index is 12.8. The lowest BCUT2D eigenvalue weighted by molar-refractivity contribution is 0.0734. The summed E-state index contributed by atoms with van der Waals surface area (Å²) in [4.78, 5) is 27.1. The fourth-order valence-electron chi connectivity index (χ4n) is 3.60. The summed E-state index contributed by atoms with van der Waals surface area (Å²) < 4.78 is 32.3. The summed E-state index contributed by atoms with van der Waals surface area (Å²) in [5, 5.41) is 0. The van der Waals surface area contributed by atoms with Gasteiger partial charge in [-0.2, -0.15) is 4.31 Å². The molecular formula is C26H23NO5S2. The van der Waals surface area contributed by atoms with Gasteiger partial charge in [-0.1, -0.05) is 55.9 Å². The molecule has 0 unspecified atom stereocenters. The van der Waals surface area contributed by atoms with Crippen molar-refractivity contribution in [3.05, 3.63) is 94.4 Å². The third-order valence-corrected chi connectivity index (χ3v) is 8.58. The highest BCUT2D eigenvalue weighted by atomic mass is 32.2. The van der Waals surface area contributed by atoms with Crippen LogP contribution in [0.3, 0.4) is 0 Å². The molecule has 6 nitrogen and oxygen atoms in total. The summed E-state index contributed by atoms with van der Waals surface area (Å²) in [6.07, 6.45) is 1.72. The van der Waals surface area contributed by atoms with Gasteiger partial charge in [0.15, 0.2) is 0 Å². The van der Waals surface area contributed by atoms with Crippen LogP contribution < -0.4 is 4.74 Å². The summed E-state index contributed by atoms with van der Waals surface area (Å²) in [5.74, 6) is -0.373. The minimum atomic E-state index is -3.61. The van der Waals surface area contributed by atoms with Crippen molar-refractivity contribution >= 4 is 39.6 Å². The maximum absolute atomic E-state index is 12.8. The molecule has 0 bridgehead atoms. The third-order valence-electron chi connectivity index (χ3n) is 5.42. The minimum Gasteiger partial charge on any atom is -0.422 e. The third kappa shape index (κ3) is 4.70. The molecule has 0 fully saturated rings. The number of thioether (sulfide) groups is 1. The predicted octanol–water partition coefficient (Wildman–Crippen LogP) is 5.27. The van der Waals surface area contributed by atoms with Crippen molar-refractivity contribution in [2.75, 3.05) is 13.1 Å². The van der Waals surface area contributed by atoms with Gasteiger partial charge in [-0.05, 0) is 48.5 Å². The number of ketones is 1. The number of rotatable bonds is 7. The Morgan fingerprint density at radius 1 is 0.941 bits per heavy atom. The van der Waals surface area contributed by atoms with Crippen LogP contribution >= 0.6 is 11.8 Å². The fraction of sp³-hybridized carbons (Fsp3) is 0.154. The van der Waals surface area contributed by atoms with E-state index < -0.39 is 16.0 Å². The van der Waals surface area contributed by atoms with Crippen LogP contribution in [0.15, 0.2) is 87.5 Å². The molecular weight excluding hydrogens is 470 g/mol. The van der Waals surface area contributed by atoms with Crippen LogP contribution in [0.4, 0.5) is 0 Å².